The van der Waals surface area contributed by atoms with Gasteiger partial charge in [-0.2, -0.15) is 0 Å². The lowest BCUT2D eigenvalue weighted by molar-refractivity contribution is 0.102. The molecule has 26 heavy (non-hydrogen) atoms. The summed E-state index contributed by atoms with van der Waals surface area (Å²) in [5, 5.41) is 9.64. The van der Waals surface area contributed by atoms with E-state index in [2.05, 4.69) is 14.8 Å². The number of fused-ring (bicyclic) bond motifs is 1. The smallest absolute Gasteiger partial charge is 0.196 e. The van der Waals surface area contributed by atoms with Crippen LogP contribution < -0.4 is 0 Å². The first-order valence-corrected chi connectivity index (χ1v) is 9.68. The van der Waals surface area contributed by atoms with Crippen molar-refractivity contribution in [3.8, 4) is 0 Å². The van der Waals surface area contributed by atoms with Crippen molar-refractivity contribution in [2.45, 2.75) is 25.5 Å². The Bertz CT molecular complexity index is 967. The Morgan fingerprint density at radius 2 is 2.04 bits per heavy atom. The number of carbonyl (C=O) groups is 1. The molecule has 6 nitrogen and oxygen atoms in total. The molecule has 0 fully saturated rings. The fourth-order valence-corrected chi connectivity index (χ4v) is 4.12. The van der Waals surface area contributed by atoms with Crippen LogP contribution in [0.2, 0.25) is 10.0 Å². The van der Waals surface area contributed by atoms with Gasteiger partial charge in [-0.3, -0.25) is 9.20 Å². The molecule has 0 aromatic carbocycles. The molecule has 0 saturated heterocycles. The SMILES string of the molecule is COCCn1c(C)cc(C(=O)CSc2nnc3c(Cl)cc(Cl)cn23)c1C. The monoisotopic (exact) mass is 412 g/mol. The maximum absolute atomic E-state index is 12.7. The fourth-order valence-electron chi connectivity index (χ4n) is 2.82. The molecular formula is C17H18Cl2N4O2S. The van der Waals surface area contributed by atoms with Crippen LogP contribution in [0.4, 0.5) is 0 Å². The van der Waals surface area contributed by atoms with Crippen LogP contribution in [-0.4, -0.2) is 44.4 Å². The number of aromatic nitrogens is 4. The number of methoxy groups -OCH3 is 1. The topological polar surface area (TPSA) is 61.4 Å². The summed E-state index contributed by atoms with van der Waals surface area (Å²) in [5.74, 6) is 0.288. The van der Waals surface area contributed by atoms with Crippen LogP contribution in [0.1, 0.15) is 21.7 Å². The van der Waals surface area contributed by atoms with E-state index in [-0.39, 0.29) is 11.5 Å². The highest BCUT2D eigenvalue weighted by molar-refractivity contribution is 7.99. The molecule has 0 spiro atoms. The quantitative estimate of drug-likeness (QED) is 0.432. The minimum atomic E-state index is 0.0386. The van der Waals surface area contributed by atoms with E-state index in [1.807, 2.05) is 19.9 Å². The Labute approximate surface area is 165 Å². The van der Waals surface area contributed by atoms with Gasteiger partial charge in [0.15, 0.2) is 16.6 Å². The third kappa shape index (κ3) is 3.76. The van der Waals surface area contributed by atoms with Gasteiger partial charge in [-0.25, -0.2) is 0 Å². The molecule has 0 bridgehead atoms. The summed E-state index contributed by atoms with van der Waals surface area (Å²) in [7, 11) is 1.66. The maximum Gasteiger partial charge on any atom is 0.196 e. The number of aryl methyl sites for hydroxylation is 1. The number of hydrogen-bond donors (Lipinski definition) is 0. The molecule has 0 atom stereocenters. The van der Waals surface area contributed by atoms with Crippen molar-refractivity contribution in [2.75, 3.05) is 19.5 Å². The standard InChI is InChI=1S/C17H18Cl2N4O2S/c1-10-6-13(11(2)22(10)4-5-25-3)15(24)9-26-17-21-20-16-14(19)7-12(18)8-23(16)17/h6-8H,4-5,9H2,1-3H3. The van der Waals surface area contributed by atoms with Crippen LogP contribution in [0, 0.1) is 13.8 Å². The van der Waals surface area contributed by atoms with Gasteiger partial charge in [-0.05, 0) is 26.0 Å². The number of hydrogen-bond acceptors (Lipinski definition) is 5. The van der Waals surface area contributed by atoms with Gasteiger partial charge in [0.25, 0.3) is 0 Å². The van der Waals surface area contributed by atoms with E-state index in [4.69, 9.17) is 27.9 Å². The zero-order chi connectivity index (χ0) is 18.8. The van der Waals surface area contributed by atoms with Gasteiger partial charge < -0.3 is 9.30 Å². The van der Waals surface area contributed by atoms with Gasteiger partial charge in [0, 0.05) is 36.8 Å². The molecule has 3 rings (SSSR count). The van der Waals surface area contributed by atoms with Crippen LogP contribution in [0.25, 0.3) is 5.65 Å². The molecule has 0 radical (unpaired) electrons. The van der Waals surface area contributed by atoms with E-state index in [1.165, 1.54) is 11.8 Å². The summed E-state index contributed by atoms with van der Waals surface area (Å²) in [6, 6.07) is 3.53. The summed E-state index contributed by atoms with van der Waals surface area (Å²) < 4.78 is 8.92. The number of pyridine rings is 1. The summed E-state index contributed by atoms with van der Waals surface area (Å²) in [6.07, 6.45) is 1.69. The maximum atomic E-state index is 12.7. The van der Waals surface area contributed by atoms with E-state index in [9.17, 15) is 4.79 Å². The number of ether oxygens (including phenoxy) is 1. The molecule has 0 saturated carbocycles. The van der Waals surface area contributed by atoms with E-state index >= 15 is 0 Å². The Kier molecular flexibility index (Phi) is 5.92. The molecule has 3 aromatic rings. The van der Waals surface area contributed by atoms with Crippen LogP contribution in [-0.2, 0) is 11.3 Å². The van der Waals surface area contributed by atoms with E-state index < -0.39 is 0 Å². The van der Waals surface area contributed by atoms with Crippen LogP contribution >= 0.6 is 35.0 Å². The second kappa shape index (κ2) is 8.00. The van der Waals surface area contributed by atoms with Crippen molar-refractivity contribution in [1.82, 2.24) is 19.2 Å². The molecule has 0 aliphatic rings. The minimum absolute atomic E-state index is 0.0386. The number of nitrogens with zero attached hydrogens (tertiary/aromatic N) is 4. The van der Waals surface area contributed by atoms with Crippen LogP contribution in [0.5, 0.6) is 0 Å². The Morgan fingerprint density at radius 3 is 2.77 bits per heavy atom. The lowest BCUT2D eigenvalue weighted by Crippen LogP contribution is -2.09. The van der Waals surface area contributed by atoms with Crippen molar-refractivity contribution in [3.63, 3.8) is 0 Å². The zero-order valence-corrected chi connectivity index (χ0v) is 17.0. The molecule has 3 heterocycles. The largest absolute Gasteiger partial charge is 0.383 e. The van der Waals surface area contributed by atoms with Gasteiger partial charge >= 0.3 is 0 Å². The predicted octanol–water partition coefficient (Wildman–Crippen LogP) is 4.08. The van der Waals surface area contributed by atoms with E-state index in [1.54, 1.807) is 23.8 Å². The lowest BCUT2D eigenvalue weighted by Gasteiger charge is -2.08. The van der Waals surface area contributed by atoms with Gasteiger partial charge in [0.05, 0.1) is 22.4 Å². The van der Waals surface area contributed by atoms with Crippen molar-refractivity contribution in [3.05, 3.63) is 45.3 Å². The van der Waals surface area contributed by atoms with Crippen molar-refractivity contribution in [1.29, 1.82) is 0 Å². The first-order valence-electron chi connectivity index (χ1n) is 7.93. The van der Waals surface area contributed by atoms with Crippen molar-refractivity contribution >= 4 is 46.4 Å². The number of halogens is 2. The number of rotatable bonds is 7. The molecular weight excluding hydrogens is 395 g/mol. The summed E-state index contributed by atoms with van der Waals surface area (Å²) in [4.78, 5) is 12.7. The Balaban J connectivity index is 1.78. The average Bonchev–Trinajstić information content (AvgIpc) is 3.12. The summed E-state index contributed by atoms with van der Waals surface area (Å²) >= 11 is 13.5. The Hall–Kier alpha value is -1.54. The number of carbonyl (C=O) groups excluding carboxylic acids is 1. The number of thioether (sulfide) groups is 1. The third-order valence-electron chi connectivity index (χ3n) is 4.12. The normalized spacial score (nSPS) is 11.4. The molecule has 9 heteroatoms. The molecule has 0 aliphatic heterocycles. The average molecular weight is 413 g/mol. The van der Waals surface area contributed by atoms with Crippen molar-refractivity contribution < 1.29 is 9.53 Å². The molecule has 0 N–H and O–H groups in total. The lowest BCUT2D eigenvalue weighted by atomic mass is 10.2. The second-order valence-corrected chi connectivity index (χ2v) is 7.61. The first kappa shape index (κ1) is 19.2. The van der Waals surface area contributed by atoms with Gasteiger partial charge in [0.1, 0.15) is 0 Å². The highest BCUT2D eigenvalue weighted by atomic mass is 35.5. The van der Waals surface area contributed by atoms with Gasteiger partial charge in [-0.1, -0.05) is 35.0 Å². The predicted molar refractivity (Wildman–Crippen MR) is 104 cm³/mol. The molecule has 0 unspecified atom stereocenters. The van der Waals surface area contributed by atoms with Gasteiger partial charge in [0.2, 0.25) is 0 Å². The van der Waals surface area contributed by atoms with Gasteiger partial charge in [-0.15, -0.1) is 10.2 Å². The number of ketones is 1. The fraction of sp³-hybridized carbons (Fsp3) is 0.353. The minimum Gasteiger partial charge on any atom is -0.383 e. The summed E-state index contributed by atoms with van der Waals surface area (Å²) in [6.45, 7) is 5.27. The highest BCUT2D eigenvalue weighted by Crippen LogP contribution is 2.26. The zero-order valence-electron chi connectivity index (χ0n) is 14.6. The number of Topliss-reactive ketones (excluding diaryl/α,β-unsaturated/α-hetero) is 1. The highest BCUT2D eigenvalue weighted by Gasteiger charge is 2.18. The van der Waals surface area contributed by atoms with E-state index in [0.29, 0.717) is 27.5 Å². The molecule has 3 aromatic heterocycles. The summed E-state index contributed by atoms with van der Waals surface area (Å²) in [5.41, 5.74) is 3.22. The molecule has 0 amide bonds. The Morgan fingerprint density at radius 1 is 1.27 bits per heavy atom. The van der Waals surface area contributed by atoms with Crippen LogP contribution in [0.15, 0.2) is 23.5 Å². The van der Waals surface area contributed by atoms with Crippen molar-refractivity contribution in [2.24, 2.45) is 0 Å². The second-order valence-electron chi connectivity index (χ2n) is 5.82. The third-order valence-corrected chi connectivity index (χ3v) is 5.55. The van der Waals surface area contributed by atoms with E-state index in [0.717, 1.165) is 23.5 Å². The first-order chi connectivity index (χ1) is 12.4. The molecule has 0 aliphatic carbocycles. The van der Waals surface area contributed by atoms with Crippen LogP contribution in [0.3, 0.4) is 0 Å². The molecule has 138 valence electrons.